The molecule has 0 radical (unpaired) electrons. The molecule has 1 heterocycles. The van der Waals surface area contributed by atoms with E-state index in [4.69, 9.17) is 0 Å². The lowest BCUT2D eigenvalue weighted by atomic mass is 9.84. The maximum atomic E-state index is 2.47. The van der Waals surface area contributed by atoms with Crippen LogP contribution in [0.3, 0.4) is 0 Å². The Balaban J connectivity index is 1.26. The standard InChI is InChI=1S/C48H28S/c1-2-12-30-27-31(22-21-29(30)11-1)45-35-15-5-7-17-37(35)46(38-18-8-6-16-36(38)45)32-23-24-40-42(28-32)34-14-4-3-13-33(34)39-25-26-44-48(47(39)40)41-19-9-10-20-43(41)49-44/h1-28H. The van der Waals surface area contributed by atoms with Crippen LogP contribution in [-0.2, 0) is 0 Å². The fraction of sp³-hybridized carbons (Fsp3) is 0. The summed E-state index contributed by atoms with van der Waals surface area (Å²) in [6.07, 6.45) is 0. The lowest BCUT2D eigenvalue weighted by Gasteiger charge is -2.19. The molecule has 0 saturated carbocycles. The van der Waals surface area contributed by atoms with Gasteiger partial charge in [-0.05, 0) is 111 Å². The van der Waals surface area contributed by atoms with Gasteiger partial charge in [0.2, 0.25) is 0 Å². The molecule has 11 rings (SSSR count). The molecule has 0 aliphatic rings. The second kappa shape index (κ2) is 10.2. The second-order valence-electron chi connectivity index (χ2n) is 13.2. The van der Waals surface area contributed by atoms with Crippen LogP contribution in [0.1, 0.15) is 0 Å². The summed E-state index contributed by atoms with van der Waals surface area (Å²) in [4.78, 5) is 0. The summed E-state index contributed by atoms with van der Waals surface area (Å²) >= 11 is 1.89. The third-order valence-electron chi connectivity index (χ3n) is 10.6. The predicted molar refractivity (Wildman–Crippen MR) is 215 cm³/mol. The average molecular weight is 637 g/mol. The minimum atomic E-state index is 1.25. The van der Waals surface area contributed by atoms with E-state index in [2.05, 4.69) is 170 Å². The highest BCUT2D eigenvalue weighted by molar-refractivity contribution is 7.26. The Morgan fingerprint density at radius 1 is 0.265 bits per heavy atom. The van der Waals surface area contributed by atoms with Gasteiger partial charge in [-0.25, -0.2) is 0 Å². The van der Waals surface area contributed by atoms with E-state index in [1.54, 1.807) is 0 Å². The molecule has 0 amide bonds. The third-order valence-corrected chi connectivity index (χ3v) is 11.7. The van der Waals surface area contributed by atoms with Crippen LogP contribution >= 0.6 is 11.3 Å². The summed E-state index contributed by atoms with van der Waals surface area (Å²) in [5, 5.41) is 18.3. The van der Waals surface area contributed by atoms with Gasteiger partial charge < -0.3 is 0 Å². The number of thiophene rings is 1. The molecule has 0 bridgehead atoms. The fourth-order valence-corrected chi connectivity index (χ4v) is 9.62. The summed E-state index contributed by atoms with van der Waals surface area (Å²) in [6.45, 7) is 0. The number of benzene rings is 10. The van der Waals surface area contributed by atoms with Crippen molar-refractivity contribution in [1.82, 2.24) is 0 Å². The van der Waals surface area contributed by atoms with Crippen molar-refractivity contribution in [2.75, 3.05) is 0 Å². The van der Waals surface area contributed by atoms with Gasteiger partial charge in [0.25, 0.3) is 0 Å². The van der Waals surface area contributed by atoms with Crippen molar-refractivity contribution >= 4 is 96.1 Å². The van der Waals surface area contributed by atoms with Crippen LogP contribution in [-0.4, -0.2) is 0 Å². The average Bonchev–Trinajstić information content (AvgIpc) is 3.55. The van der Waals surface area contributed by atoms with E-state index in [0.29, 0.717) is 0 Å². The molecule has 0 fully saturated rings. The second-order valence-corrected chi connectivity index (χ2v) is 14.3. The van der Waals surface area contributed by atoms with Gasteiger partial charge in [-0.1, -0.05) is 146 Å². The molecule has 49 heavy (non-hydrogen) atoms. The van der Waals surface area contributed by atoms with Gasteiger partial charge in [-0.15, -0.1) is 11.3 Å². The van der Waals surface area contributed by atoms with Gasteiger partial charge in [-0.3, -0.25) is 0 Å². The zero-order valence-electron chi connectivity index (χ0n) is 26.6. The molecule has 0 aliphatic heterocycles. The fourth-order valence-electron chi connectivity index (χ4n) is 8.51. The minimum absolute atomic E-state index is 1.25. The van der Waals surface area contributed by atoms with Crippen molar-refractivity contribution in [3.63, 3.8) is 0 Å². The zero-order chi connectivity index (χ0) is 32.1. The first-order valence-electron chi connectivity index (χ1n) is 16.9. The Kier molecular flexibility index (Phi) is 5.64. The van der Waals surface area contributed by atoms with Crippen LogP contribution in [0, 0.1) is 0 Å². The largest absolute Gasteiger partial charge is 0.135 e. The summed E-state index contributed by atoms with van der Waals surface area (Å²) in [5.41, 5.74) is 5.09. The molecule has 0 N–H and O–H groups in total. The molecule has 0 spiro atoms. The molecular formula is C48H28S. The Morgan fingerprint density at radius 3 is 1.45 bits per heavy atom. The van der Waals surface area contributed by atoms with Crippen LogP contribution in [0.25, 0.3) is 107 Å². The van der Waals surface area contributed by atoms with Gasteiger partial charge in [0, 0.05) is 20.2 Å². The number of hydrogen-bond acceptors (Lipinski definition) is 1. The SMILES string of the molecule is c1ccc2cc(-c3c4ccccc4c(-c4ccc5c(c4)c4ccccc4c4ccc6sc7ccccc7c6c45)c4ccccc34)ccc2c1. The molecule has 11 aromatic rings. The summed E-state index contributed by atoms with van der Waals surface area (Å²) in [5.74, 6) is 0. The van der Waals surface area contributed by atoms with E-state index in [1.165, 1.54) is 107 Å². The van der Waals surface area contributed by atoms with Gasteiger partial charge >= 0.3 is 0 Å². The molecule has 0 atom stereocenters. The Labute approximate surface area is 287 Å². The van der Waals surface area contributed by atoms with E-state index in [1.807, 2.05) is 11.3 Å². The first-order valence-corrected chi connectivity index (χ1v) is 17.7. The molecule has 1 heteroatoms. The van der Waals surface area contributed by atoms with Crippen LogP contribution in [0.5, 0.6) is 0 Å². The van der Waals surface area contributed by atoms with Crippen LogP contribution in [0.15, 0.2) is 170 Å². The molecule has 0 nitrogen and oxygen atoms in total. The Morgan fingerprint density at radius 2 is 0.755 bits per heavy atom. The first-order chi connectivity index (χ1) is 24.3. The lowest BCUT2D eigenvalue weighted by molar-refractivity contribution is 1.68. The molecule has 0 unspecified atom stereocenters. The minimum Gasteiger partial charge on any atom is -0.135 e. The van der Waals surface area contributed by atoms with Gasteiger partial charge in [0.15, 0.2) is 0 Å². The van der Waals surface area contributed by atoms with Gasteiger partial charge in [0.1, 0.15) is 0 Å². The monoisotopic (exact) mass is 636 g/mol. The van der Waals surface area contributed by atoms with Crippen LogP contribution in [0.2, 0.25) is 0 Å². The summed E-state index contributed by atoms with van der Waals surface area (Å²) in [7, 11) is 0. The molecule has 0 aliphatic carbocycles. The van der Waals surface area contributed by atoms with Crippen molar-refractivity contribution < 1.29 is 0 Å². The van der Waals surface area contributed by atoms with Crippen molar-refractivity contribution in [2.45, 2.75) is 0 Å². The van der Waals surface area contributed by atoms with E-state index >= 15 is 0 Å². The van der Waals surface area contributed by atoms with Gasteiger partial charge in [0.05, 0.1) is 0 Å². The highest BCUT2D eigenvalue weighted by Gasteiger charge is 2.19. The maximum Gasteiger partial charge on any atom is 0.0362 e. The number of hydrogen-bond donors (Lipinski definition) is 0. The van der Waals surface area contributed by atoms with Crippen molar-refractivity contribution in [1.29, 1.82) is 0 Å². The van der Waals surface area contributed by atoms with Crippen molar-refractivity contribution in [2.24, 2.45) is 0 Å². The highest BCUT2D eigenvalue weighted by Crippen LogP contribution is 2.48. The Bertz CT molecular complexity index is 3100. The van der Waals surface area contributed by atoms with E-state index in [9.17, 15) is 0 Å². The molecule has 1 aromatic heterocycles. The lowest BCUT2D eigenvalue weighted by Crippen LogP contribution is -1.91. The van der Waals surface area contributed by atoms with E-state index in [-0.39, 0.29) is 0 Å². The third kappa shape index (κ3) is 3.85. The summed E-state index contributed by atoms with van der Waals surface area (Å²) in [6, 6.07) is 63.3. The van der Waals surface area contributed by atoms with E-state index in [0.717, 1.165) is 0 Å². The van der Waals surface area contributed by atoms with Crippen molar-refractivity contribution in [3.8, 4) is 22.3 Å². The van der Waals surface area contributed by atoms with E-state index < -0.39 is 0 Å². The quantitative estimate of drug-likeness (QED) is 0.131. The first kappa shape index (κ1) is 27.0. The number of fused-ring (bicyclic) bond motifs is 13. The van der Waals surface area contributed by atoms with Crippen LogP contribution < -0.4 is 0 Å². The maximum absolute atomic E-state index is 2.47. The molecule has 226 valence electrons. The molecular weight excluding hydrogens is 609 g/mol. The normalized spacial score (nSPS) is 12.1. The van der Waals surface area contributed by atoms with Crippen molar-refractivity contribution in [3.05, 3.63) is 170 Å². The zero-order valence-corrected chi connectivity index (χ0v) is 27.4. The molecule has 0 saturated heterocycles. The molecule has 10 aromatic carbocycles. The predicted octanol–water partition coefficient (Wildman–Crippen LogP) is 14.3. The smallest absolute Gasteiger partial charge is 0.0362 e. The van der Waals surface area contributed by atoms with Gasteiger partial charge in [-0.2, -0.15) is 0 Å². The highest BCUT2D eigenvalue weighted by atomic mass is 32.1. The Hall–Kier alpha value is -6.02. The summed E-state index contributed by atoms with van der Waals surface area (Å²) < 4.78 is 2.68. The van der Waals surface area contributed by atoms with Crippen LogP contribution in [0.4, 0.5) is 0 Å². The number of rotatable bonds is 2. The topological polar surface area (TPSA) is 0 Å².